The number of hydrogen-bond acceptors (Lipinski definition) is 4. The Balaban J connectivity index is 3.42. The smallest absolute Gasteiger partial charge is 0.185 e. The van der Waals surface area contributed by atoms with E-state index in [2.05, 4.69) is 6.58 Å². The lowest BCUT2D eigenvalue weighted by Gasteiger charge is -2.25. The monoisotopic (exact) mass is 336 g/mol. The van der Waals surface area contributed by atoms with Gasteiger partial charge in [0.2, 0.25) is 0 Å². The highest BCUT2D eigenvalue weighted by atomic mass is 32.2. The molecule has 0 fully saturated rings. The molecule has 0 atom stereocenters. The lowest BCUT2D eigenvalue weighted by atomic mass is 9.81. The van der Waals surface area contributed by atoms with E-state index < -0.39 is 9.84 Å². The van der Waals surface area contributed by atoms with Gasteiger partial charge in [-0.25, -0.2) is 8.42 Å². The van der Waals surface area contributed by atoms with Crippen LogP contribution in [0, 0.1) is 5.41 Å². The Morgan fingerprint density at radius 2 is 1.74 bits per heavy atom. The Hall–Kier alpha value is -1.88. The summed E-state index contributed by atoms with van der Waals surface area (Å²) in [6, 6.07) is 6.48. The average molecular weight is 336 g/mol. The minimum atomic E-state index is -3.26. The van der Waals surface area contributed by atoms with Crippen molar-refractivity contribution in [3.63, 3.8) is 0 Å². The zero-order valence-corrected chi connectivity index (χ0v) is 15.2. The summed E-state index contributed by atoms with van der Waals surface area (Å²) in [5.74, 6) is 0.243. The van der Waals surface area contributed by atoms with E-state index >= 15 is 0 Å². The molecule has 126 valence electrons. The van der Waals surface area contributed by atoms with Crippen LogP contribution in [0.3, 0.4) is 0 Å². The second-order valence-corrected chi connectivity index (χ2v) is 8.67. The van der Waals surface area contributed by atoms with Crippen molar-refractivity contribution in [2.24, 2.45) is 5.41 Å². The molecule has 0 heterocycles. The third-order valence-electron chi connectivity index (χ3n) is 3.15. The van der Waals surface area contributed by atoms with Crippen molar-refractivity contribution in [2.45, 2.75) is 32.6 Å². The summed E-state index contributed by atoms with van der Waals surface area (Å²) >= 11 is 0. The van der Waals surface area contributed by atoms with Crippen molar-refractivity contribution in [1.29, 1.82) is 0 Å². The van der Waals surface area contributed by atoms with E-state index in [-0.39, 0.29) is 22.7 Å². The van der Waals surface area contributed by atoms with E-state index in [0.29, 0.717) is 6.29 Å². The average Bonchev–Trinajstić information content (AvgIpc) is 2.41. The van der Waals surface area contributed by atoms with Crippen LogP contribution >= 0.6 is 0 Å². The van der Waals surface area contributed by atoms with Crippen molar-refractivity contribution < 1.29 is 17.9 Å². The molecular weight excluding hydrogens is 312 g/mol. The molecule has 1 aromatic carbocycles. The molecule has 0 spiro atoms. The van der Waals surface area contributed by atoms with Gasteiger partial charge in [0, 0.05) is 11.8 Å². The van der Waals surface area contributed by atoms with Gasteiger partial charge in [-0.1, -0.05) is 39.5 Å². The summed E-state index contributed by atoms with van der Waals surface area (Å²) in [5.41, 5.74) is 1.95. The van der Waals surface area contributed by atoms with Crippen LogP contribution in [0.1, 0.15) is 33.3 Å². The van der Waals surface area contributed by atoms with Crippen LogP contribution in [0.15, 0.2) is 47.1 Å². The fourth-order valence-corrected chi connectivity index (χ4v) is 2.81. The number of sulfone groups is 1. The normalized spacial score (nSPS) is 13.3. The summed E-state index contributed by atoms with van der Waals surface area (Å²) in [6.07, 6.45) is 1.85. The number of carbonyl (C=O) groups excluding carboxylic acids is 1. The molecule has 0 aliphatic heterocycles. The number of hydrogen-bond donors (Lipinski definition) is 0. The lowest BCUT2D eigenvalue weighted by Crippen LogP contribution is -2.14. The lowest BCUT2D eigenvalue weighted by molar-refractivity contribution is -0.107. The molecule has 23 heavy (non-hydrogen) atoms. The largest absolute Gasteiger partial charge is 0.486 e. The van der Waals surface area contributed by atoms with Crippen LogP contribution in [0.2, 0.25) is 0 Å². The summed E-state index contributed by atoms with van der Waals surface area (Å²) in [6.45, 7) is 11.8. The Labute approximate surface area is 138 Å². The van der Waals surface area contributed by atoms with Gasteiger partial charge in [-0.2, -0.15) is 0 Å². The Kier molecular flexibility index (Phi) is 5.94. The molecule has 0 saturated carbocycles. The molecule has 1 rings (SSSR count). The first kappa shape index (κ1) is 19.2. The fraction of sp³-hybridized carbons (Fsp3) is 0.389. The van der Waals surface area contributed by atoms with E-state index in [1.807, 2.05) is 27.7 Å². The molecular formula is C18H24O4S. The summed E-state index contributed by atoms with van der Waals surface area (Å²) in [5, 5.41) is 0. The summed E-state index contributed by atoms with van der Waals surface area (Å²) in [4.78, 5) is 11.7. The number of benzene rings is 1. The van der Waals surface area contributed by atoms with E-state index in [1.54, 1.807) is 12.1 Å². The van der Waals surface area contributed by atoms with Gasteiger partial charge >= 0.3 is 0 Å². The maximum absolute atomic E-state index is 11.6. The summed E-state index contributed by atoms with van der Waals surface area (Å²) < 4.78 is 28.7. The zero-order valence-electron chi connectivity index (χ0n) is 14.3. The molecule has 5 heteroatoms. The Morgan fingerprint density at radius 1 is 1.22 bits per heavy atom. The standard InChI is InChI=1S/C18H24O4S/c1-13(2)12-22-16(11-19)17(18(3,4)5)14-7-9-15(10-8-14)23(6,20)21/h7-11H,1,12H2,2-6H3/b17-16+. The third-order valence-corrected chi connectivity index (χ3v) is 4.28. The molecule has 0 saturated heterocycles. The van der Waals surface area contributed by atoms with Crippen molar-refractivity contribution in [1.82, 2.24) is 0 Å². The van der Waals surface area contributed by atoms with Gasteiger partial charge in [0.25, 0.3) is 0 Å². The van der Waals surface area contributed by atoms with Gasteiger partial charge in [0.15, 0.2) is 21.9 Å². The predicted octanol–water partition coefficient (Wildman–Crippen LogP) is 3.64. The minimum absolute atomic E-state index is 0.241. The first-order valence-electron chi connectivity index (χ1n) is 7.24. The van der Waals surface area contributed by atoms with Crippen LogP contribution in [0.5, 0.6) is 0 Å². The minimum Gasteiger partial charge on any atom is -0.486 e. The third kappa shape index (κ3) is 5.36. The molecule has 0 unspecified atom stereocenters. The molecule has 0 aromatic heterocycles. The van der Waals surface area contributed by atoms with Gasteiger partial charge in [0.05, 0.1) is 4.90 Å². The molecule has 0 aliphatic carbocycles. The molecule has 4 nitrogen and oxygen atoms in total. The van der Waals surface area contributed by atoms with E-state index in [0.717, 1.165) is 23.0 Å². The molecule has 0 aliphatic rings. The first-order chi connectivity index (χ1) is 10.5. The van der Waals surface area contributed by atoms with E-state index in [1.165, 1.54) is 12.1 Å². The number of carbonyl (C=O) groups is 1. The van der Waals surface area contributed by atoms with Crippen molar-refractivity contribution in [3.05, 3.63) is 47.7 Å². The maximum Gasteiger partial charge on any atom is 0.185 e. The van der Waals surface area contributed by atoms with E-state index in [4.69, 9.17) is 4.74 Å². The fourth-order valence-electron chi connectivity index (χ4n) is 2.18. The SMILES string of the molecule is C=C(C)CO/C(C=O)=C(\c1ccc(S(C)(=O)=O)cc1)C(C)(C)C. The van der Waals surface area contributed by atoms with Crippen molar-refractivity contribution >= 4 is 21.7 Å². The Morgan fingerprint density at radius 3 is 2.09 bits per heavy atom. The molecule has 0 radical (unpaired) electrons. The van der Waals surface area contributed by atoms with Crippen LogP contribution in [0.4, 0.5) is 0 Å². The van der Waals surface area contributed by atoms with Crippen LogP contribution in [-0.4, -0.2) is 27.6 Å². The van der Waals surface area contributed by atoms with E-state index in [9.17, 15) is 13.2 Å². The Bertz CT molecular complexity index is 717. The highest BCUT2D eigenvalue weighted by Crippen LogP contribution is 2.37. The van der Waals surface area contributed by atoms with Crippen LogP contribution in [-0.2, 0) is 19.4 Å². The zero-order chi connectivity index (χ0) is 17.8. The second-order valence-electron chi connectivity index (χ2n) is 6.65. The predicted molar refractivity (Wildman–Crippen MR) is 92.8 cm³/mol. The van der Waals surface area contributed by atoms with Gasteiger partial charge < -0.3 is 4.74 Å². The highest BCUT2D eigenvalue weighted by Gasteiger charge is 2.24. The number of allylic oxidation sites excluding steroid dienone is 2. The summed E-state index contributed by atoms with van der Waals surface area (Å²) in [7, 11) is -3.26. The first-order valence-corrected chi connectivity index (χ1v) is 9.13. The van der Waals surface area contributed by atoms with Crippen molar-refractivity contribution in [3.8, 4) is 0 Å². The van der Waals surface area contributed by atoms with Crippen LogP contribution < -0.4 is 0 Å². The van der Waals surface area contributed by atoms with Gasteiger partial charge in [-0.05, 0) is 35.6 Å². The molecule has 0 amide bonds. The number of ether oxygens (including phenoxy) is 1. The molecule has 0 N–H and O–H groups in total. The molecule has 1 aromatic rings. The van der Waals surface area contributed by atoms with Gasteiger partial charge in [-0.15, -0.1) is 0 Å². The second kappa shape index (κ2) is 7.13. The number of aldehydes is 1. The van der Waals surface area contributed by atoms with Crippen LogP contribution in [0.25, 0.3) is 5.57 Å². The van der Waals surface area contributed by atoms with Crippen molar-refractivity contribution in [2.75, 3.05) is 12.9 Å². The quantitative estimate of drug-likeness (QED) is 0.344. The highest BCUT2D eigenvalue weighted by molar-refractivity contribution is 7.90. The molecule has 0 bridgehead atoms. The maximum atomic E-state index is 11.6. The topological polar surface area (TPSA) is 60.4 Å². The van der Waals surface area contributed by atoms with Gasteiger partial charge in [-0.3, -0.25) is 4.79 Å². The van der Waals surface area contributed by atoms with Gasteiger partial charge in [0.1, 0.15) is 6.61 Å². The number of rotatable bonds is 6.